The van der Waals surface area contributed by atoms with Gasteiger partial charge in [0.25, 0.3) is 17.4 Å². The number of carbonyl (C=O) groups excluding carboxylic acids is 2. The molecular formula is C23H29N3O4. The zero-order valence-electron chi connectivity index (χ0n) is 18.1. The molecule has 1 atom stereocenters. The van der Waals surface area contributed by atoms with E-state index < -0.39 is 6.10 Å². The number of benzene rings is 1. The smallest absolute Gasteiger partial charge is 0.263 e. The Balaban J connectivity index is 1.98. The van der Waals surface area contributed by atoms with Crippen molar-refractivity contribution in [3.8, 4) is 0 Å². The van der Waals surface area contributed by atoms with E-state index in [1.807, 2.05) is 36.5 Å². The summed E-state index contributed by atoms with van der Waals surface area (Å²) in [4.78, 5) is 41.8. The highest BCUT2D eigenvalue weighted by atomic mass is 16.5. The summed E-state index contributed by atoms with van der Waals surface area (Å²) in [5.41, 5.74) is 2.67. The van der Waals surface area contributed by atoms with Crippen LogP contribution in [0.2, 0.25) is 0 Å². The van der Waals surface area contributed by atoms with E-state index in [1.165, 1.54) is 12.0 Å². The fraction of sp³-hybridized carbons (Fsp3) is 0.435. The van der Waals surface area contributed by atoms with Crippen LogP contribution in [-0.4, -0.2) is 60.0 Å². The summed E-state index contributed by atoms with van der Waals surface area (Å²) in [6, 6.07) is 9.91. The highest BCUT2D eigenvalue weighted by Gasteiger charge is 2.30. The lowest BCUT2D eigenvalue weighted by molar-refractivity contribution is -0.141. The van der Waals surface area contributed by atoms with E-state index in [0.29, 0.717) is 32.5 Å². The Morgan fingerprint density at radius 2 is 1.90 bits per heavy atom. The minimum Gasteiger partial charge on any atom is -0.372 e. The van der Waals surface area contributed by atoms with Crippen molar-refractivity contribution in [2.24, 2.45) is 0 Å². The largest absolute Gasteiger partial charge is 0.372 e. The number of rotatable bonds is 6. The third-order valence-electron chi connectivity index (χ3n) is 5.59. The number of hydrogen-bond donors (Lipinski definition) is 0. The summed E-state index contributed by atoms with van der Waals surface area (Å²) in [6.45, 7) is 3.01. The molecule has 30 heavy (non-hydrogen) atoms. The van der Waals surface area contributed by atoms with Crippen LogP contribution in [0.15, 0.2) is 41.3 Å². The van der Waals surface area contributed by atoms with Gasteiger partial charge in [0, 0.05) is 47.0 Å². The van der Waals surface area contributed by atoms with Crippen LogP contribution in [-0.2, 0) is 35.5 Å². The van der Waals surface area contributed by atoms with Crippen LogP contribution in [0.1, 0.15) is 34.0 Å². The highest BCUT2D eigenvalue weighted by Crippen LogP contribution is 2.22. The standard InChI is InChI=1S/C23H29N3O4/c1-16(30-4)21(27)25-13-11-19-18(14-25)15-26(12-10-17-8-6-5-7-9-17)23(29)20(19)22(28)24(2)3/h5-9,15-16H,10-14H2,1-4H3. The lowest BCUT2D eigenvalue weighted by Crippen LogP contribution is -2.44. The molecule has 0 bridgehead atoms. The Bertz CT molecular complexity index is 982. The number of pyridine rings is 1. The van der Waals surface area contributed by atoms with Crippen LogP contribution in [0, 0.1) is 0 Å². The van der Waals surface area contributed by atoms with Gasteiger partial charge in [0.2, 0.25) is 0 Å². The van der Waals surface area contributed by atoms with Crippen LogP contribution in [0.3, 0.4) is 0 Å². The Labute approximate surface area is 176 Å². The normalized spacial score (nSPS) is 14.2. The van der Waals surface area contributed by atoms with Gasteiger partial charge < -0.3 is 19.1 Å². The number of ether oxygens (including phenoxy) is 1. The maximum atomic E-state index is 13.2. The third-order valence-corrected chi connectivity index (χ3v) is 5.59. The average molecular weight is 412 g/mol. The second kappa shape index (κ2) is 9.26. The summed E-state index contributed by atoms with van der Waals surface area (Å²) < 4.78 is 6.78. The Morgan fingerprint density at radius 1 is 1.20 bits per heavy atom. The Hall–Kier alpha value is -2.93. The summed E-state index contributed by atoms with van der Waals surface area (Å²) in [5.74, 6) is -0.388. The molecule has 2 aromatic rings. The molecule has 7 heteroatoms. The van der Waals surface area contributed by atoms with Gasteiger partial charge in [-0.1, -0.05) is 30.3 Å². The number of hydrogen-bond acceptors (Lipinski definition) is 4. The van der Waals surface area contributed by atoms with Gasteiger partial charge in [-0.3, -0.25) is 14.4 Å². The molecule has 160 valence electrons. The predicted octanol–water partition coefficient (Wildman–Crippen LogP) is 1.71. The molecule has 0 fully saturated rings. The van der Waals surface area contributed by atoms with E-state index in [9.17, 15) is 14.4 Å². The van der Waals surface area contributed by atoms with E-state index in [2.05, 4.69) is 0 Å². The van der Waals surface area contributed by atoms with Crippen molar-refractivity contribution in [2.75, 3.05) is 27.7 Å². The molecule has 2 amide bonds. The molecule has 7 nitrogen and oxygen atoms in total. The quantitative estimate of drug-likeness (QED) is 0.726. The van der Waals surface area contributed by atoms with Crippen molar-refractivity contribution in [1.29, 1.82) is 0 Å². The number of aromatic nitrogens is 1. The van der Waals surface area contributed by atoms with Crippen molar-refractivity contribution >= 4 is 11.8 Å². The van der Waals surface area contributed by atoms with Crippen molar-refractivity contribution in [2.45, 2.75) is 39.0 Å². The first kappa shape index (κ1) is 21.8. The lowest BCUT2D eigenvalue weighted by Gasteiger charge is -2.32. The van der Waals surface area contributed by atoms with E-state index in [-0.39, 0.29) is 22.9 Å². The number of amides is 2. The summed E-state index contributed by atoms with van der Waals surface area (Å²) >= 11 is 0. The molecule has 3 rings (SSSR count). The van der Waals surface area contributed by atoms with E-state index in [4.69, 9.17) is 4.74 Å². The lowest BCUT2D eigenvalue weighted by atomic mass is 9.95. The fourth-order valence-electron chi connectivity index (χ4n) is 3.76. The first-order valence-corrected chi connectivity index (χ1v) is 10.2. The summed E-state index contributed by atoms with van der Waals surface area (Å²) in [6.07, 6.45) is 2.43. The number of carbonyl (C=O) groups is 2. The van der Waals surface area contributed by atoms with E-state index in [1.54, 1.807) is 30.5 Å². The van der Waals surface area contributed by atoms with E-state index >= 15 is 0 Å². The zero-order valence-corrected chi connectivity index (χ0v) is 18.1. The second-order valence-corrected chi connectivity index (χ2v) is 7.83. The monoisotopic (exact) mass is 411 g/mol. The fourth-order valence-corrected chi connectivity index (χ4v) is 3.76. The minimum atomic E-state index is -0.529. The molecule has 1 aliphatic rings. The van der Waals surface area contributed by atoms with Crippen molar-refractivity contribution < 1.29 is 14.3 Å². The number of nitrogens with zero attached hydrogens (tertiary/aromatic N) is 3. The molecule has 0 saturated carbocycles. The topological polar surface area (TPSA) is 71.8 Å². The van der Waals surface area contributed by atoms with E-state index in [0.717, 1.165) is 16.7 Å². The van der Waals surface area contributed by atoms with Crippen molar-refractivity contribution in [3.63, 3.8) is 0 Å². The van der Waals surface area contributed by atoms with Crippen LogP contribution in [0.25, 0.3) is 0 Å². The molecule has 1 aliphatic heterocycles. The molecule has 0 radical (unpaired) electrons. The maximum absolute atomic E-state index is 13.2. The third kappa shape index (κ3) is 4.46. The second-order valence-electron chi connectivity index (χ2n) is 7.83. The maximum Gasteiger partial charge on any atom is 0.263 e. The van der Waals surface area contributed by atoms with Gasteiger partial charge in [-0.2, -0.15) is 0 Å². The number of fused-ring (bicyclic) bond motifs is 1. The highest BCUT2D eigenvalue weighted by molar-refractivity contribution is 5.95. The Kier molecular flexibility index (Phi) is 6.72. The molecule has 0 aliphatic carbocycles. The van der Waals surface area contributed by atoms with Crippen molar-refractivity contribution in [1.82, 2.24) is 14.4 Å². The Morgan fingerprint density at radius 3 is 2.53 bits per heavy atom. The van der Waals surface area contributed by atoms with Crippen LogP contribution in [0.4, 0.5) is 0 Å². The van der Waals surface area contributed by atoms with Crippen molar-refractivity contribution in [3.05, 3.63) is 69.1 Å². The van der Waals surface area contributed by atoms with Crippen LogP contribution < -0.4 is 5.56 Å². The molecule has 0 N–H and O–H groups in total. The van der Waals surface area contributed by atoms with Gasteiger partial charge in [-0.05, 0) is 36.5 Å². The molecule has 0 spiro atoms. The molecular weight excluding hydrogens is 382 g/mol. The predicted molar refractivity (Wildman–Crippen MR) is 114 cm³/mol. The molecule has 1 aromatic carbocycles. The first-order chi connectivity index (χ1) is 14.3. The average Bonchev–Trinajstić information content (AvgIpc) is 2.76. The van der Waals surface area contributed by atoms with Gasteiger partial charge >= 0.3 is 0 Å². The SMILES string of the molecule is COC(C)C(=O)N1CCc2c(cn(CCc3ccccc3)c(=O)c2C(=O)N(C)C)C1. The van der Waals surface area contributed by atoms with Gasteiger partial charge in [0.05, 0.1) is 0 Å². The van der Waals surface area contributed by atoms with Crippen LogP contribution >= 0.6 is 0 Å². The van der Waals surface area contributed by atoms with Gasteiger partial charge in [-0.15, -0.1) is 0 Å². The molecule has 0 saturated heterocycles. The minimum absolute atomic E-state index is 0.0920. The van der Waals surface area contributed by atoms with Crippen LogP contribution in [0.5, 0.6) is 0 Å². The van der Waals surface area contributed by atoms with Gasteiger partial charge in [0.15, 0.2) is 0 Å². The van der Waals surface area contributed by atoms with Gasteiger partial charge in [-0.25, -0.2) is 0 Å². The molecule has 1 aromatic heterocycles. The summed E-state index contributed by atoms with van der Waals surface area (Å²) in [7, 11) is 4.80. The zero-order chi connectivity index (χ0) is 21.8. The molecule has 2 heterocycles. The van der Waals surface area contributed by atoms with Gasteiger partial charge in [0.1, 0.15) is 11.7 Å². The number of aryl methyl sites for hydroxylation is 2. The summed E-state index contributed by atoms with van der Waals surface area (Å²) in [5, 5.41) is 0. The molecule has 1 unspecified atom stereocenters. The first-order valence-electron chi connectivity index (χ1n) is 10.2. The number of methoxy groups -OCH3 is 1.